The molecule has 1 aromatic carbocycles. The molecule has 0 atom stereocenters. The minimum absolute atomic E-state index is 0.638. The Morgan fingerprint density at radius 1 is 1.21 bits per heavy atom. The largest absolute Gasteiger partial charge is 0.438 e. The smallest absolute Gasteiger partial charge is 0.219 e. The van der Waals surface area contributed by atoms with Crippen LogP contribution in [-0.2, 0) is 6.54 Å². The van der Waals surface area contributed by atoms with E-state index < -0.39 is 0 Å². The normalized spacial score (nSPS) is 10.5. The van der Waals surface area contributed by atoms with E-state index >= 15 is 0 Å². The highest BCUT2D eigenvalue weighted by molar-refractivity contribution is 7.98. The number of thioether (sulfide) groups is 1. The van der Waals surface area contributed by atoms with E-state index in [0.29, 0.717) is 5.88 Å². The number of pyridine rings is 1. The molecule has 100 valence electrons. The Kier molecular flexibility index (Phi) is 4.82. The quantitative estimate of drug-likeness (QED) is 0.844. The Morgan fingerprint density at radius 2 is 2.00 bits per heavy atom. The van der Waals surface area contributed by atoms with E-state index in [2.05, 4.69) is 16.4 Å². The maximum Gasteiger partial charge on any atom is 0.219 e. The summed E-state index contributed by atoms with van der Waals surface area (Å²) in [5.74, 6) is 1.49. The second kappa shape index (κ2) is 6.59. The van der Waals surface area contributed by atoms with Crippen LogP contribution in [0.2, 0.25) is 0 Å². The van der Waals surface area contributed by atoms with Gasteiger partial charge in [-0.3, -0.25) is 0 Å². The lowest BCUT2D eigenvalue weighted by Gasteiger charge is -2.10. The first-order chi connectivity index (χ1) is 9.24. The van der Waals surface area contributed by atoms with E-state index in [9.17, 15) is 0 Å². The van der Waals surface area contributed by atoms with E-state index in [4.69, 9.17) is 4.74 Å². The lowest BCUT2D eigenvalue weighted by Crippen LogP contribution is -2.07. The number of para-hydroxylation sites is 1. The lowest BCUT2D eigenvalue weighted by molar-refractivity contribution is 0.450. The van der Waals surface area contributed by atoms with Gasteiger partial charge in [0.2, 0.25) is 5.88 Å². The number of aromatic nitrogens is 1. The molecular weight excluding hydrogens is 256 g/mol. The summed E-state index contributed by atoms with van der Waals surface area (Å²) in [6, 6.07) is 11.9. The van der Waals surface area contributed by atoms with E-state index in [0.717, 1.165) is 22.9 Å². The molecule has 0 unspecified atom stereocenters. The number of aryl methyl sites for hydroxylation is 1. The van der Waals surface area contributed by atoms with E-state index in [-0.39, 0.29) is 0 Å². The van der Waals surface area contributed by atoms with Crippen LogP contribution in [0, 0.1) is 6.92 Å². The third kappa shape index (κ3) is 3.49. The summed E-state index contributed by atoms with van der Waals surface area (Å²) in [6.45, 7) is 2.82. The molecule has 1 heterocycles. The van der Waals surface area contributed by atoms with Crippen LogP contribution in [0.25, 0.3) is 0 Å². The van der Waals surface area contributed by atoms with Gasteiger partial charge in [0.1, 0.15) is 5.75 Å². The van der Waals surface area contributed by atoms with Crippen molar-refractivity contribution in [2.24, 2.45) is 0 Å². The summed E-state index contributed by atoms with van der Waals surface area (Å²) in [5.41, 5.74) is 2.18. The molecule has 0 saturated carbocycles. The van der Waals surface area contributed by atoms with Crippen LogP contribution >= 0.6 is 11.8 Å². The molecule has 1 aromatic heterocycles. The van der Waals surface area contributed by atoms with Crippen LogP contribution in [0.15, 0.2) is 41.3 Å². The fourth-order valence-electron chi connectivity index (χ4n) is 1.82. The van der Waals surface area contributed by atoms with Crippen molar-refractivity contribution in [2.45, 2.75) is 18.4 Å². The monoisotopic (exact) mass is 274 g/mol. The van der Waals surface area contributed by atoms with E-state index in [1.807, 2.05) is 50.6 Å². The number of ether oxygens (including phenoxy) is 1. The van der Waals surface area contributed by atoms with Crippen molar-refractivity contribution in [3.63, 3.8) is 0 Å². The van der Waals surface area contributed by atoms with Gasteiger partial charge < -0.3 is 10.1 Å². The molecule has 2 rings (SSSR count). The van der Waals surface area contributed by atoms with Gasteiger partial charge in [-0.2, -0.15) is 0 Å². The first kappa shape index (κ1) is 13.9. The molecule has 4 heteroatoms. The standard InChI is InChI=1S/C15H18N2OS/c1-11-12(10-16-2)8-9-15(17-11)18-13-6-4-5-7-14(13)19-3/h4-9,16H,10H2,1-3H3. The highest BCUT2D eigenvalue weighted by atomic mass is 32.2. The first-order valence-corrected chi connectivity index (χ1v) is 7.39. The van der Waals surface area contributed by atoms with Gasteiger partial charge in [0.15, 0.2) is 0 Å². The molecule has 19 heavy (non-hydrogen) atoms. The Bertz CT molecular complexity index is 558. The number of hydrogen-bond acceptors (Lipinski definition) is 4. The summed E-state index contributed by atoms with van der Waals surface area (Å²) in [7, 11) is 1.93. The molecule has 0 amide bonds. The molecule has 0 radical (unpaired) electrons. The van der Waals surface area contributed by atoms with Gasteiger partial charge >= 0.3 is 0 Å². The van der Waals surface area contributed by atoms with Gasteiger partial charge in [0.25, 0.3) is 0 Å². The summed E-state index contributed by atoms with van der Waals surface area (Å²) in [4.78, 5) is 5.60. The predicted octanol–water partition coefficient (Wildman–Crippen LogP) is 3.62. The molecule has 2 aromatic rings. The van der Waals surface area contributed by atoms with Crippen LogP contribution in [0.1, 0.15) is 11.3 Å². The Hall–Kier alpha value is -1.52. The fraction of sp³-hybridized carbons (Fsp3) is 0.267. The number of benzene rings is 1. The van der Waals surface area contributed by atoms with Crippen LogP contribution < -0.4 is 10.1 Å². The predicted molar refractivity (Wildman–Crippen MR) is 80.0 cm³/mol. The van der Waals surface area contributed by atoms with E-state index in [1.165, 1.54) is 5.56 Å². The average Bonchev–Trinajstić information content (AvgIpc) is 2.43. The Labute approximate surface area is 118 Å². The molecular formula is C15H18N2OS. The van der Waals surface area contributed by atoms with Gasteiger partial charge in [-0.1, -0.05) is 18.2 Å². The molecule has 0 aliphatic heterocycles. The van der Waals surface area contributed by atoms with Gasteiger partial charge in [-0.25, -0.2) is 4.98 Å². The average molecular weight is 274 g/mol. The minimum Gasteiger partial charge on any atom is -0.438 e. The van der Waals surface area contributed by atoms with Crippen molar-refractivity contribution in [2.75, 3.05) is 13.3 Å². The molecule has 0 aliphatic rings. The number of rotatable bonds is 5. The zero-order chi connectivity index (χ0) is 13.7. The van der Waals surface area contributed by atoms with Crippen molar-refractivity contribution < 1.29 is 4.74 Å². The molecule has 0 aliphatic carbocycles. The van der Waals surface area contributed by atoms with Gasteiger partial charge in [0.05, 0.1) is 0 Å². The molecule has 0 fully saturated rings. The highest BCUT2D eigenvalue weighted by Crippen LogP contribution is 2.30. The molecule has 0 bridgehead atoms. The van der Waals surface area contributed by atoms with Gasteiger partial charge in [-0.15, -0.1) is 11.8 Å². The Balaban J connectivity index is 2.21. The first-order valence-electron chi connectivity index (χ1n) is 6.16. The van der Waals surface area contributed by atoms with E-state index in [1.54, 1.807) is 11.8 Å². The summed E-state index contributed by atoms with van der Waals surface area (Å²) in [6.07, 6.45) is 2.04. The summed E-state index contributed by atoms with van der Waals surface area (Å²) in [5, 5.41) is 3.13. The SMILES string of the molecule is CNCc1ccc(Oc2ccccc2SC)nc1C. The molecule has 1 N–H and O–H groups in total. The van der Waals surface area contributed by atoms with Crippen molar-refractivity contribution in [3.05, 3.63) is 47.7 Å². The zero-order valence-corrected chi connectivity index (χ0v) is 12.3. The second-order valence-corrected chi connectivity index (χ2v) is 5.03. The second-order valence-electron chi connectivity index (χ2n) is 4.18. The van der Waals surface area contributed by atoms with Crippen LogP contribution in [0.5, 0.6) is 11.6 Å². The lowest BCUT2D eigenvalue weighted by atomic mass is 10.2. The third-order valence-corrected chi connectivity index (χ3v) is 3.60. The van der Waals surface area contributed by atoms with Crippen LogP contribution in [-0.4, -0.2) is 18.3 Å². The van der Waals surface area contributed by atoms with Crippen molar-refractivity contribution >= 4 is 11.8 Å². The highest BCUT2D eigenvalue weighted by Gasteiger charge is 2.06. The van der Waals surface area contributed by atoms with Crippen LogP contribution in [0.4, 0.5) is 0 Å². The van der Waals surface area contributed by atoms with Crippen LogP contribution in [0.3, 0.4) is 0 Å². The zero-order valence-electron chi connectivity index (χ0n) is 11.4. The number of nitrogens with one attached hydrogen (secondary N) is 1. The van der Waals surface area contributed by atoms with Crippen molar-refractivity contribution in [1.82, 2.24) is 10.3 Å². The number of hydrogen-bond donors (Lipinski definition) is 1. The fourth-order valence-corrected chi connectivity index (χ4v) is 2.34. The number of nitrogens with zero attached hydrogens (tertiary/aromatic N) is 1. The van der Waals surface area contributed by atoms with Gasteiger partial charge in [-0.05, 0) is 37.9 Å². The summed E-state index contributed by atoms with van der Waals surface area (Å²) >= 11 is 1.67. The van der Waals surface area contributed by atoms with Crippen molar-refractivity contribution in [1.29, 1.82) is 0 Å². The van der Waals surface area contributed by atoms with Gasteiger partial charge in [0, 0.05) is 23.2 Å². The molecule has 3 nitrogen and oxygen atoms in total. The maximum atomic E-state index is 5.86. The summed E-state index contributed by atoms with van der Waals surface area (Å²) < 4.78 is 5.86. The molecule has 0 saturated heterocycles. The third-order valence-electron chi connectivity index (χ3n) is 2.82. The maximum absolute atomic E-state index is 5.86. The Morgan fingerprint density at radius 3 is 2.68 bits per heavy atom. The minimum atomic E-state index is 0.638. The topological polar surface area (TPSA) is 34.1 Å². The molecule has 0 spiro atoms. The van der Waals surface area contributed by atoms with Crippen molar-refractivity contribution in [3.8, 4) is 11.6 Å².